The van der Waals surface area contributed by atoms with Gasteiger partial charge in [0.1, 0.15) is 0 Å². The molecule has 15 heavy (non-hydrogen) atoms. The second kappa shape index (κ2) is 3.59. The van der Waals surface area contributed by atoms with E-state index in [4.69, 9.17) is 0 Å². The summed E-state index contributed by atoms with van der Waals surface area (Å²) in [6.45, 7) is 9.78. The first kappa shape index (κ1) is 11.1. The van der Waals surface area contributed by atoms with Crippen LogP contribution in [0.1, 0.15) is 40.5 Å². The smallest absolute Gasteiger partial charge is 0.0106 e. The topological polar surface area (TPSA) is 0 Å². The largest absolute Gasteiger partial charge is 0.0637 e. The number of hydrogen-bond donors (Lipinski definition) is 0. The highest BCUT2D eigenvalue weighted by Gasteiger charge is 2.46. The average Bonchev–Trinajstić information content (AvgIpc) is 2.37. The zero-order chi connectivity index (χ0) is 11.1. The lowest BCUT2D eigenvalue weighted by molar-refractivity contribution is 0.591. The van der Waals surface area contributed by atoms with Crippen molar-refractivity contribution in [1.82, 2.24) is 0 Å². The van der Waals surface area contributed by atoms with Gasteiger partial charge in [0.05, 0.1) is 0 Å². The highest BCUT2D eigenvalue weighted by molar-refractivity contribution is 7.68. The van der Waals surface area contributed by atoms with Crippen LogP contribution in [0.25, 0.3) is 0 Å². The molecule has 0 saturated carbocycles. The molecule has 0 N–H and O–H groups in total. The summed E-state index contributed by atoms with van der Waals surface area (Å²) in [7, 11) is -0.0267. The van der Waals surface area contributed by atoms with Gasteiger partial charge in [0.25, 0.3) is 0 Å². The van der Waals surface area contributed by atoms with Crippen molar-refractivity contribution in [2.75, 3.05) is 0 Å². The molecule has 0 aromatic heterocycles. The maximum absolute atomic E-state index is 2.44. The van der Waals surface area contributed by atoms with Crippen molar-refractivity contribution in [1.29, 1.82) is 0 Å². The third kappa shape index (κ3) is 1.97. The minimum Gasteiger partial charge on any atom is -0.0637 e. The Morgan fingerprint density at radius 3 is 1.80 bits per heavy atom. The molecule has 0 aliphatic carbocycles. The Morgan fingerprint density at radius 2 is 1.33 bits per heavy atom. The van der Waals surface area contributed by atoms with E-state index >= 15 is 0 Å². The van der Waals surface area contributed by atoms with Crippen LogP contribution in [0, 0.1) is 0 Å². The van der Waals surface area contributed by atoms with Gasteiger partial charge in [0.2, 0.25) is 0 Å². The molecule has 0 spiro atoms. The molecular weight excluding hydrogens is 199 g/mol. The highest BCUT2D eigenvalue weighted by Crippen LogP contribution is 2.67. The fourth-order valence-electron chi connectivity index (χ4n) is 2.93. The maximum atomic E-state index is 2.44. The van der Waals surface area contributed by atoms with E-state index in [1.54, 1.807) is 5.30 Å². The second-order valence-electron chi connectivity index (χ2n) is 5.80. The first-order chi connectivity index (χ1) is 6.93. The summed E-state index contributed by atoms with van der Waals surface area (Å²) in [6, 6.07) is 11.1. The van der Waals surface area contributed by atoms with E-state index in [1.165, 1.54) is 12.8 Å². The van der Waals surface area contributed by atoms with Crippen LogP contribution < -0.4 is 5.30 Å². The lowest BCUT2D eigenvalue weighted by Gasteiger charge is -2.36. The molecule has 1 saturated heterocycles. The molecule has 0 atom stereocenters. The third-order valence-corrected chi connectivity index (χ3v) is 7.26. The summed E-state index contributed by atoms with van der Waals surface area (Å²) in [4.78, 5) is 0. The van der Waals surface area contributed by atoms with Crippen molar-refractivity contribution in [3.63, 3.8) is 0 Å². The molecule has 82 valence electrons. The van der Waals surface area contributed by atoms with Gasteiger partial charge < -0.3 is 0 Å². The molecule has 1 heterocycles. The molecule has 1 fully saturated rings. The summed E-state index contributed by atoms with van der Waals surface area (Å²) in [5.74, 6) is 0. The van der Waals surface area contributed by atoms with Gasteiger partial charge in [-0.15, -0.1) is 0 Å². The number of benzene rings is 1. The molecule has 0 bridgehead atoms. The molecule has 1 aromatic rings. The van der Waals surface area contributed by atoms with Crippen molar-refractivity contribution in [2.24, 2.45) is 0 Å². The molecular formula is C14H21P. The fraction of sp³-hybridized carbons (Fsp3) is 0.571. The molecule has 1 aliphatic rings. The zero-order valence-corrected chi connectivity index (χ0v) is 11.1. The number of hydrogen-bond acceptors (Lipinski definition) is 0. The van der Waals surface area contributed by atoms with Crippen LogP contribution in [0.5, 0.6) is 0 Å². The van der Waals surface area contributed by atoms with Gasteiger partial charge in [-0.05, 0) is 28.5 Å². The van der Waals surface area contributed by atoms with E-state index in [9.17, 15) is 0 Å². The molecule has 2 rings (SSSR count). The molecule has 0 unspecified atom stereocenters. The zero-order valence-electron chi connectivity index (χ0n) is 10.2. The van der Waals surface area contributed by atoms with Gasteiger partial charge in [-0.25, -0.2) is 0 Å². The van der Waals surface area contributed by atoms with Crippen molar-refractivity contribution >= 4 is 13.2 Å². The maximum Gasteiger partial charge on any atom is -0.0106 e. The van der Waals surface area contributed by atoms with Crippen LogP contribution >= 0.6 is 7.92 Å². The van der Waals surface area contributed by atoms with Crippen LogP contribution in [0.15, 0.2) is 30.3 Å². The van der Waals surface area contributed by atoms with Crippen LogP contribution in [0.4, 0.5) is 0 Å². The van der Waals surface area contributed by atoms with Crippen molar-refractivity contribution in [3.8, 4) is 0 Å². The fourth-order valence-corrected chi connectivity index (χ4v) is 7.11. The Morgan fingerprint density at radius 1 is 0.867 bits per heavy atom. The summed E-state index contributed by atoms with van der Waals surface area (Å²) >= 11 is 0. The van der Waals surface area contributed by atoms with Crippen molar-refractivity contribution < 1.29 is 0 Å². The standard InChI is InChI=1S/C14H21P/c1-13(2)10-11-14(3,4)15(13)12-8-6-5-7-9-12/h5-9H,10-11H2,1-4H3. The van der Waals surface area contributed by atoms with Gasteiger partial charge in [-0.3, -0.25) is 0 Å². The van der Waals surface area contributed by atoms with E-state index in [0.717, 1.165) is 0 Å². The number of rotatable bonds is 1. The lowest BCUT2D eigenvalue weighted by Crippen LogP contribution is -2.25. The molecule has 1 heteroatoms. The minimum atomic E-state index is -0.0267. The Kier molecular flexibility index (Phi) is 2.67. The normalized spacial score (nSPS) is 24.3. The van der Waals surface area contributed by atoms with E-state index in [1.807, 2.05) is 0 Å². The summed E-state index contributed by atoms with van der Waals surface area (Å²) in [6.07, 6.45) is 2.75. The van der Waals surface area contributed by atoms with Gasteiger partial charge in [0, 0.05) is 0 Å². The summed E-state index contributed by atoms with van der Waals surface area (Å²) in [5, 5.41) is 2.61. The molecule has 0 amide bonds. The minimum absolute atomic E-state index is 0.0267. The highest BCUT2D eigenvalue weighted by atomic mass is 31.1. The van der Waals surface area contributed by atoms with E-state index in [-0.39, 0.29) is 7.92 Å². The molecule has 1 aliphatic heterocycles. The van der Waals surface area contributed by atoms with Crippen LogP contribution in [-0.2, 0) is 0 Å². The second-order valence-corrected chi connectivity index (χ2v) is 9.40. The Hall–Kier alpha value is -0.350. The van der Waals surface area contributed by atoms with Crippen LogP contribution in [0.2, 0.25) is 0 Å². The molecule has 0 nitrogen and oxygen atoms in total. The Bertz CT molecular complexity index is 322. The van der Waals surface area contributed by atoms with E-state index < -0.39 is 0 Å². The third-order valence-electron chi connectivity index (χ3n) is 3.57. The predicted molar refractivity (Wildman–Crippen MR) is 70.4 cm³/mol. The Labute approximate surface area is 94.8 Å². The van der Waals surface area contributed by atoms with Gasteiger partial charge in [0.15, 0.2) is 0 Å². The molecule has 1 aromatic carbocycles. The monoisotopic (exact) mass is 220 g/mol. The van der Waals surface area contributed by atoms with Crippen molar-refractivity contribution in [3.05, 3.63) is 30.3 Å². The van der Waals surface area contributed by atoms with Gasteiger partial charge in [-0.1, -0.05) is 65.9 Å². The summed E-state index contributed by atoms with van der Waals surface area (Å²) in [5.41, 5.74) is 0. The lowest BCUT2D eigenvalue weighted by atomic mass is 10.0. The van der Waals surface area contributed by atoms with Crippen LogP contribution in [0.3, 0.4) is 0 Å². The average molecular weight is 220 g/mol. The predicted octanol–water partition coefficient (Wildman–Crippen LogP) is 4.14. The Balaban J connectivity index is 2.42. The quantitative estimate of drug-likeness (QED) is 0.624. The summed E-state index contributed by atoms with van der Waals surface area (Å²) < 4.78 is 0. The van der Waals surface area contributed by atoms with Gasteiger partial charge >= 0.3 is 0 Å². The van der Waals surface area contributed by atoms with Gasteiger partial charge in [-0.2, -0.15) is 0 Å². The first-order valence-electron chi connectivity index (χ1n) is 5.79. The van der Waals surface area contributed by atoms with E-state index in [0.29, 0.717) is 10.3 Å². The van der Waals surface area contributed by atoms with Crippen LogP contribution in [-0.4, -0.2) is 10.3 Å². The first-order valence-corrected chi connectivity index (χ1v) is 7.13. The molecule has 0 radical (unpaired) electrons. The SMILES string of the molecule is CC1(C)CCC(C)(C)P1c1ccccc1. The van der Waals surface area contributed by atoms with E-state index in [2.05, 4.69) is 58.0 Å². The van der Waals surface area contributed by atoms with Crippen molar-refractivity contribution in [2.45, 2.75) is 50.8 Å².